The Hall–Kier alpha value is -2.08. The van der Waals surface area contributed by atoms with Crippen molar-refractivity contribution in [2.24, 2.45) is 5.73 Å². The largest absolute Gasteiger partial charge is 0.480 e. The van der Waals surface area contributed by atoms with Crippen LogP contribution < -0.4 is 5.73 Å². The fraction of sp³-hybridized carbons (Fsp3) is 0.308. The van der Waals surface area contributed by atoms with E-state index in [2.05, 4.69) is 0 Å². The summed E-state index contributed by atoms with van der Waals surface area (Å²) in [5, 5.41) is 9.25. The summed E-state index contributed by atoms with van der Waals surface area (Å²) < 4.78 is 0. The van der Waals surface area contributed by atoms with E-state index in [9.17, 15) is 14.4 Å². The number of carbonyl (C=O) groups excluding carboxylic acids is 2. The van der Waals surface area contributed by atoms with Gasteiger partial charge in [-0.25, -0.2) is 0 Å². The van der Waals surface area contributed by atoms with Crippen LogP contribution in [0, 0.1) is 0 Å². The number of benzene rings is 1. The number of primary amides is 1. The number of carboxylic acid groups (broad SMARTS) is 1. The average molecular weight is 299 g/mol. The number of halogens is 1. The molecular formula is C13H15ClN2O4. The molecule has 1 aromatic rings. The van der Waals surface area contributed by atoms with Gasteiger partial charge in [0.1, 0.15) is 6.54 Å². The van der Waals surface area contributed by atoms with Crippen LogP contribution in [-0.2, 0) is 20.8 Å². The number of aryl methyl sites for hydroxylation is 1. The van der Waals surface area contributed by atoms with Crippen LogP contribution in [0.15, 0.2) is 24.3 Å². The Morgan fingerprint density at radius 1 is 1.20 bits per heavy atom. The summed E-state index contributed by atoms with van der Waals surface area (Å²) in [5.74, 6) is -2.40. The van der Waals surface area contributed by atoms with Crippen LogP contribution in [0.5, 0.6) is 0 Å². The van der Waals surface area contributed by atoms with Gasteiger partial charge in [-0.2, -0.15) is 0 Å². The van der Waals surface area contributed by atoms with E-state index in [-0.39, 0.29) is 6.42 Å². The lowest BCUT2D eigenvalue weighted by atomic mass is 10.1. The van der Waals surface area contributed by atoms with Gasteiger partial charge in [-0.05, 0) is 18.1 Å². The number of nitrogens with two attached hydrogens (primary N) is 1. The van der Waals surface area contributed by atoms with Crippen molar-refractivity contribution in [2.75, 3.05) is 13.1 Å². The molecule has 108 valence electrons. The number of rotatable bonds is 7. The third-order valence-corrected chi connectivity index (χ3v) is 2.96. The predicted molar refractivity (Wildman–Crippen MR) is 73.2 cm³/mol. The molecule has 7 heteroatoms. The van der Waals surface area contributed by atoms with E-state index in [0.29, 0.717) is 11.4 Å². The van der Waals surface area contributed by atoms with E-state index >= 15 is 0 Å². The Morgan fingerprint density at radius 2 is 1.85 bits per heavy atom. The van der Waals surface area contributed by atoms with Gasteiger partial charge in [0, 0.05) is 11.4 Å². The molecule has 0 aromatic heterocycles. The molecule has 0 spiro atoms. The van der Waals surface area contributed by atoms with Crippen molar-refractivity contribution in [1.82, 2.24) is 4.90 Å². The second-order valence-electron chi connectivity index (χ2n) is 4.20. The number of carbonyl (C=O) groups is 3. The zero-order valence-corrected chi connectivity index (χ0v) is 11.5. The minimum absolute atomic E-state index is 0.0598. The molecule has 0 aliphatic carbocycles. The van der Waals surface area contributed by atoms with Crippen LogP contribution in [0.1, 0.15) is 12.0 Å². The van der Waals surface area contributed by atoms with Gasteiger partial charge in [0.2, 0.25) is 11.8 Å². The molecule has 1 aromatic carbocycles. The molecule has 6 nitrogen and oxygen atoms in total. The van der Waals surface area contributed by atoms with Crippen molar-refractivity contribution in [3.8, 4) is 0 Å². The molecule has 2 amide bonds. The van der Waals surface area contributed by atoms with Gasteiger partial charge >= 0.3 is 5.97 Å². The minimum Gasteiger partial charge on any atom is -0.480 e. The molecule has 0 saturated carbocycles. The number of amides is 2. The summed E-state index contributed by atoms with van der Waals surface area (Å²) in [6.07, 6.45) is 0.428. The van der Waals surface area contributed by atoms with Gasteiger partial charge in [-0.3, -0.25) is 14.4 Å². The van der Waals surface area contributed by atoms with E-state index in [4.69, 9.17) is 22.4 Å². The first-order chi connectivity index (χ1) is 9.40. The van der Waals surface area contributed by atoms with Crippen molar-refractivity contribution in [1.29, 1.82) is 0 Å². The highest BCUT2D eigenvalue weighted by atomic mass is 35.5. The maximum absolute atomic E-state index is 11.9. The molecule has 0 saturated heterocycles. The van der Waals surface area contributed by atoms with Crippen LogP contribution in [0.4, 0.5) is 0 Å². The van der Waals surface area contributed by atoms with E-state index < -0.39 is 30.9 Å². The highest BCUT2D eigenvalue weighted by Crippen LogP contribution is 2.16. The second kappa shape index (κ2) is 7.49. The molecule has 0 bridgehead atoms. The lowest BCUT2D eigenvalue weighted by Crippen LogP contribution is -2.41. The molecule has 0 aliphatic rings. The van der Waals surface area contributed by atoms with E-state index in [1.54, 1.807) is 24.3 Å². The lowest BCUT2D eigenvalue weighted by Gasteiger charge is -2.19. The van der Waals surface area contributed by atoms with E-state index in [0.717, 1.165) is 10.5 Å². The van der Waals surface area contributed by atoms with Crippen LogP contribution in [0.25, 0.3) is 0 Å². The van der Waals surface area contributed by atoms with Crippen LogP contribution in [-0.4, -0.2) is 40.9 Å². The Labute approximate surface area is 121 Å². The maximum atomic E-state index is 11.9. The molecule has 20 heavy (non-hydrogen) atoms. The van der Waals surface area contributed by atoms with Crippen LogP contribution >= 0.6 is 11.6 Å². The average Bonchev–Trinajstić information content (AvgIpc) is 2.35. The summed E-state index contributed by atoms with van der Waals surface area (Å²) in [6.45, 7) is -0.960. The van der Waals surface area contributed by atoms with Crippen molar-refractivity contribution in [3.63, 3.8) is 0 Å². The zero-order valence-electron chi connectivity index (χ0n) is 10.7. The molecule has 0 radical (unpaired) electrons. The number of carboxylic acids is 1. The van der Waals surface area contributed by atoms with Gasteiger partial charge < -0.3 is 15.7 Å². The molecular weight excluding hydrogens is 284 g/mol. The van der Waals surface area contributed by atoms with E-state index in [1.165, 1.54) is 0 Å². The summed E-state index contributed by atoms with van der Waals surface area (Å²) in [7, 11) is 0. The molecule has 0 aliphatic heterocycles. The normalized spacial score (nSPS) is 10.1. The Kier molecular flexibility index (Phi) is 5.99. The van der Waals surface area contributed by atoms with Crippen LogP contribution in [0.2, 0.25) is 5.02 Å². The highest BCUT2D eigenvalue weighted by molar-refractivity contribution is 6.31. The van der Waals surface area contributed by atoms with E-state index in [1.807, 2.05) is 0 Å². The summed E-state index contributed by atoms with van der Waals surface area (Å²) >= 11 is 5.96. The molecule has 1 rings (SSSR count). The van der Waals surface area contributed by atoms with Gasteiger partial charge in [-0.15, -0.1) is 0 Å². The molecule has 0 heterocycles. The standard InChI is InChI=1S/C13H15ClN2O4/c14-10-4-2-1-3-9(10)5-6-12(18)16(7-11(15)17)8-13(19)20/h1-4H,5-8H2,(H2,15,17)(H,19,20). The van der Waals surface area contributed by atoms with Gasteiger partial charge in [-0.1, -0.05) is 29.8 Å². The first kappa shape index (κ1) is 16.0. The summed E-state index contributed by atoms with van der Waals surface area (Å²) in [5.41, 5.74) is 5.78. The highest BCUT2D eigenvalue weighted by Gasteiger charge is 2.18. The number of aliphatic carboxylic acids is 1. The van der Waals surface area contributed by atoms with Crippen molar-refractivity contribution in [3.05, 3.63) is 34.9 Å². The van der Waals surface area contributed by atoms with Crippen molar-refractivity contribution in [2.45, 2.75) is 12.8 Å². The SMILES string of the molecule is NC(=O)CN(CC(=O)O)C(=O)CCc1ccccc1Cl. The molecule has 0 fully saturated rings. The van der Waals surface area contributed by atoms with Gasteiger partial charge in [0.05, 0.1) is 6.54 Å². The molecule has 0 unspecified atom stereocenters. The van der Waals surface area contributed by atoms with Crippen molar-refractivity contribution < 1.29 is 19.5 Å². The summed E-state index contributed by atoms with van der Waals surface area (Å²) in [4.78, 5) is 34.3. The maximum Gasteiger partial charge on any atom is 0.323 e. The fourth-order valence-electron chi connectivity index (χ4n) is 1.68. The van der Waals surface area contributed by atoms with Gasteiger partial charge in [0.15, 0.2) is 0 Å². The third-order valence-electron chi connectivity index (χ3n) is 2.59. The third kappa shape index (κ3) is 5.27. The smallest absolute Gasteiger partial charge is 0.323 e. The predicted octanol–water partition coefficient (Wildman–Crippen LogP) is 0.671. The Bertz CT molecular complexity index is 503. The zero-order chi connectivity index (χ0) is 15.1. The Balaban J connectivity index is 2.64. The lowest BCUT2D eigenvalue weighted by molar-refractivity contribution is -0.145. The monoisotopic (exact) mass is 298 g/mol. The molecule has 0 atom stereocenters. The number of nitrogens with zero attached hydrogens (tertiary/aromatic N) is 1. The number of hydrogen-bond acceptors (Lipinski definition) is 3. The quantitative estimate of drug-likeness (QED) is 0.772. The second-order valence-corrected chi connectivity index (χ2v) is 4.61. The first-order valence-corrected chi connectivity index (χ1v) is 6.29. The van der Waals surface area contributed by atoms with Crippen LogP contribution in [0.3, 0.4) is 0 Å². The topological polar surface area (TPSA) is 101 Å². The molecule has 3 N–H and O–H groups in total. The fourth-order valence-corrected chi connectivity index (χ4v) is 1.91. The van der Waals surface area contributed by atoms with Gasteiger partial charge in [0.25, 0.3) is 0 Å². The Morgan fingerprint density at radius 3 is 2.40 bits per heavy atom. The summed E-state index contributed by atoms with van der Waals surface area (Å²) in [6, 6.07) is 7.06. The number of hydrogen-bond donors (Lipinski definition) is 2. The van der Waals surface area contributed by atoms with Crippen molar-refractivity contribution >= 4 is 29.4 Å². The minimum atomic E-state index is -1.20. The first-order valence-electron chi connectivity index (χ1n) is 5.91.